The van der Waals surface area contributed by atoms with Crippen LogP contribution in [0.3, 0.4) is 0 Å². The topological polar surface area (TPSA) is 9.23 Å². The fourth-order valence-electron chi connectivity index (χ4n) is 4.06. The van der Waals surface area contributed by atoms with Crippen LogP contribution in [0.1, 0.15) is 51.4 Å². The van der Waals surface area contributed by atoms with Gasteiger partial charge >= 0.3 is 6.08 Å². The second-order valence-electron chi connectivity index (χ2n) is 6.46. The molecule has 0 saturated heterocycles. The third-order valence-electron chi connectivity index (χ3n) is 5.27. The molecule has 0 amide bonds. The smallest absolute Gasteiger partial charge is 0.301 e. The van der Waals surface area contributed by atoms with Crippen LogP contribution in [-0.2, 0) is 4.74 Å². The first-order chi connectivity index (χ1) is 9.61. The van der Waals surface area contributed by atoms with E-state index in [1.807, 2.05) is 0 Å². The van der Waals surface area contributed by atoms with Gasteiger partial charge in [-0.15, -0.1) is 0 Å². The number of methoxy groups -OCH3 is 1. The normalized spacial score (nSPS) is 34.8. The van der Waals surface area contributed by atoms with E-state index in [0.717, 1.165) is 19.4 Å². The van der Waals surface area contributed by atoms with Crippen LogP contribution in [0.5, 0.6) is 0 Å². The maximum absolute atomic E-state index is 13.2. The number of hydrogen-bond donors (Lipinski definition) is 0. The Labute approximate surface area is 119 Å². The zero-order valence-corrected chi connectivity index (χ0v) is 12.2. The van der Waals surface area contributed by atoms with E-state index in [1.54, 1.807) is 7.11 Å². The molecule has 0 aromatic heterocycles. The number of halogens is 3. The lowest BCUT2D eigenvalue weighted by Gasteiger charge is -2.37. The second-order valence-corrected chi connectivity index (χ2v) is 6.46. The molecule has 0 aromatic carbocycles. The molecule has 0 spiro atoms. The fraction of sp³-hybridized carbons (Fsp3) is 0.875. The molecule has 2 aliphatic rings. The Bertz CT molecular complexity index is 323. The summed E-state index contributed by atoms with van der Waals surface area (Å²) in [6.45, 7) is 0.852. The average molecular weight is 290 g/mol. The van der Waals surface area contributed by atoms with Crippen molar-refractivity contribution in [2.24, 2.45) is 23.7 Å². The van der Waals surface area contributed by atoms with Crippen molar-refractivity contribution in [3.8, 4) is 0 Å². The molecule has 0 atom stereocenters. The lowest BCUT2D eigenvalue weighted by molar-refractivity contribution is 0.0935. The summed E-state index contributed by atoms with van der Waals surface area (Å²) < 4.78 is 43.0. The molecule has 0 heterocycles. The van der Waals surface area contributed by atoms with Crippen LogP contribution in [0, 0.1) is 23.7 Å². The molecule has 2 rings (SSSR count). The largest absolute Gasteiger partial charge is 0.384 e. The number of rotatable bonds is 4. The molecule has 0 radical (unpaired) electrons. The lowest BCUT2D eigenvalue weighted by Crippen LogP contribution is -2.27. The molecule has 4 heteroatoms. The summed E-state index contributed by atoms with van der Waals surface area (Å²) in [5, 5.41) is 0. The standard InChI is InChI=1S/C16H25F3O/c1-20-10-11-2-4-12(5-3-11)13-6-8-14(9-7-13)15(17)16(18)19/h11-14H,2-10H2,1H3. The molecule has 2 aliphatic carbocycles. The molecule has 116 valence electrons. The van der Waals surface area contributed by atoms with E-state index in [0.29, 0.717) is 30.6 Å². The first-order valence-electron chi connectivity index (χ1n) is 7.81. The Morgan fingerprint density at radius 2 is 1.35 bits per heavy atom. The van der Waals surface area contributed by atoms with Gasteiger partial charge in [-0.05, 0) is 69.1 Å². The Kier molecular flexibility index (Phi) is 5.94. The molecular weight excluding hydrogens is 265 g/mol. The van der Waals surface area contributed by atoms with Crippen LogP contribution in [0.4, 0.5) is 13.2 Å². The fourth-order valence-corrected chi connectivity index (χ4v) is 4.06. The predicted molar refractivity (Wildman–Crippen MR) is 73.1 cm³/mol. The van der Waals surface area contributed by atoms with Crippen LogP contribution in [0.25, 0.3) is 0 Å². The summed E-state index contributed by atoms with van der Waals surface area (Å²) in [7, 11) is 1.75. The van der Waals surface area contributed by atoms with Gasteiger partial charge in [0.2, 0.25) is 0 Å². The average Bonchev–Trinajstić information content (AvgIpc) is 2.48. The minimum absolute atomic E-state index is 0.527. The minimum atomic E-state index is -2.12. The van der Waals surface area contributed by atoms with E-state index in [-0.39, 0.29) is 0 Å². The van der Waals surface area contributed by atoms with E-state index in [1.165, 1.54) is 25.7 Å². The molecule has 0 bridgehead atoms. The van der Waals surface area contributed by atoms with Gasteiger partial charge in [0.25, 0.3) is 0 Å². The van der Waals surface area contributed by atoms with Crippen molar-refractivity contribution >= 4 is 0 Å². The maximum Gasteiger partial charge on any atom is 0.301 e. The summed E-state index contributed by atoms with van der Waals surface area (Å²) in [6, 6.07) is 0. The molecule has 0 N–H and O–H groups in total. The molecule has 2 saturated carbocycles. The van der Waals surface area contributed by atoms with Gasteiger partial charge in [0, 0.05) is 19.6 Å². The van der Waals surface area contributed by atoms with Crippen LogP contribution < -0.4 is 0 Å². The van der Waals surface area contributed by atoms with Gasteiger partial charge in [-0.1, -0.05) is 0 Å². The number of allylic oxidation sites excluding steroid dienone is 1. The van der Waals surface area contributed by atoms with Crippen LogP contribution >= 0.6 is 0 Å². The van der Waals surface area contributed by atoms with E-state index in [4.69, 9.17) is 4.74 Å². The highest BCUT2D eigenvalue weighted by Gasteiger charge is 2.32. The SMILES string of the molecule is COCC1CCC(C2CCC(C(F)=C(F)F)CC2)CC1. The number of ether oxygens (including phenoxy) is 1. The molecular formula is C16H25F3O. The Hall–Kier alpha value is -0.510. The van der Waals surface area contributed by atoms with E-state index >= 15 is 0 Å². The molecule has 20 heavy (non-hydrogen) atoms. The van der Waals surface area contributed by atoms with Gasteiger partial charge in [0.15, 0.2) is 5.83 Å². The third-order valence-corrected chi connectivity index (χ3v) is 5.27. The molecule has 0 aromatic rings. The van der Waals surface area contributed by atoms with E-state index in [9.17, 15) is 13.2 Å². The van der Waals surface area contributed by atoms with Crippen molar-refractivity contribution in [1.82, 2.24) is 0 Å². The minimum Gasteiger partial charge on any atom is -0.384 e. The summed E-state index contributed by atoms with van der Waals surface area (Å²) >= 11 is 0. The highest BCUT2D eigenvalue weighted by molar-refractivity contribution is 5.00. The first kappa shape index (κ1) is 15.9. The van der Waals surface area contributed by atoms with Crippen molar-refractivity contribution in [3.63, 3.8) is 0 Å². The van der Waals surface area contributed by atoms with Crippen molar-refractivity contribution in [2.75, 3.05) is 13.7 Å². The van der Waals surface area contributed by atoms with Crippen LogP contribution in [0.15, 0.2) is 11.9 Å². The van der Waals surface area contributed by atoms with Crippen molar-refractivity contribution in [2.45, 2.75) is 51.4 Å². The maximum atomic E-state index is 13.2. The van der Waals surface area contributed by atoms with Gasteiger partial charge in [0.1, 0.15) is 0 Å². The second kappa shape index (κ2) is 7.48. The van der Waals surface area contributed by atoms with Gasteiger partial charge in [-0.25, -0.2) is 4.39 Å². The third kappa shape index (κ3) is 4.00. The van der Waals surface area contributed by atoms with Crippen LogP contribution in [-0.4, -0.2) is 13.7 Å². The van der Waals surface area contributed by atoms with Crippen LogP contribution in [0.2, 0.25) is 0 Å². The molecule has 1 nitrogen and oxygen atoms in total. The van der Waals surface area contributed by atoms with Crippen molar-refractivity contribution in [3.05, 3.63) is 11.9 Å². The molecule has 0 aliphatic heterocycles. The number of hydrogen-bond acceptors (Lipinski definition) is 1. The molecule has 2 fully saturated rings. The zero-order chi connectivity index (χ0) is 14.5. The van der Waals surface area contributed by atoms with Gasteiger partial charge in [0.05, 0.1) is 0 Å². The van der Waals surface area contributed by atoms with Gasteiger partial charge in [-0.2, -0.15) is 8.78 Å². The highest BCUT2D eigenvalue weighted by atomic mass is 19.3. The predicted octanol–water partition coefficient (Wildman–Crippen LogP) is 5.32. The van der Waals surface area contributed by atoms with E-state index < -0.39 is 17.8 Å². The lowest BCUT2D eigenvalue weighted by atomic mass is 9.69. The zero-order valence-electron chi connectivity index (χ0n) is 12.2. The Morgan fingerprint density at radius 1 is 0.850 bits per heavy atom. The van der Waals surface area contributed by atoms with E-state index in [2.05, 4.69) is 0 Å². The monoisotopic (exact) mass is 290 g/mol. The summed E-state index contributed by atoms with van der Waals surface area (Å²) in [5.74, 6) is 0.332. The first-order valence-corrected chi connectivity index (χ1v) is 7.81. The van der Waals surface area contributed by atoms with Gasteiger partial charge < -0.3 is 4.74 Å². The summed E-state index contributed by atoms with van der Waals surface area (Å²) in [6.07, 6.45) is 5.75. The van der Waals surface area contributed by atoms with Gasteiger partial charge in [-0.3, -0.25) is 0 Å². The Morgan fingerprint density at radius 3 is 1.80 bits per heavy atom. The Balaban J connectivity index is 1.76. The summed E-state index contributed by atoms with van der Waals surface area (Å²) in [4.78, 5) is 0. The van der Waals surface area contributed by atoms with Crippen molar-refractivity contribution in [1.29, 1.82) is 0 Å². The highest BCUT2D eigenvalue weighted by Crippen LogP contribution is 2.43. The quantitative estimate of drug-likeness (QED) is 0.680. The molecule has 0 unspecified atom stereocenters. The summed E-state index contributed by atoms with van der Waals surface area (Å²) in [5.41, 5.74) is 0. The van der Waals surface area contributed by atoms with Crippen molar-refractivity contribution < 1.29 is 17.9 Å².